The van der Waals surface area contributed by atoms with Gasteiger partial charge in [0.05, 0.1) is 11.1 Å². The van der Waals surface area contributed by atoms with Crippen LogP contribution >= 0.6 is 0 Å². The van der Waals surface area contributed by atoms with Crippen LogP contribution in [0.1, 0.15) is 54.3 Å². The quantitative estimate of drug-likeness (QED) is 0.726. The normalized spacial score (nSPS) is 27.7. The van der Waals surface area contributed by atoms with E-state index in [4.69, 9.17) is 4.74 Å². The number of hydrogen-bond donors (Lipinski definition) is 0. The molecule has 1 unspecified atom stereocenters. The molecule has 0 radical (unpaired) electrons. The van der Waals surface area contributed by atoms with E-state index >= 15 is 0 Å². The minimum absolute atomic E-state index is 0.0711. The Morgan fingerprint density at radius 1 is 1.00 bits per heavy atom. The van der Waals surface area contributed by atoms with Gasteiger partial charge in [-0.15, -0.1) is 0 Å². The lowest BCUT2D eigenvalue weighted by atomic mass is 10.0. The number of amides is 3. The number of benzene rings is 1. The van der Waals surface area contributed by atoms with Crippen LogP contribution in [0, 0.1) is 11.8 Å². The highest BCUT2D eigenvalue weighted by atomic mass is 16.6. The van der Waals surface area contributed by atoms with Crippen molar-refractivity contribution >= 4 is 17.9 Å². The molecule has 1 aliphatic carbocycles. The lowest BCUT2D eigenvalue weighted by Gasteiger charge is -2.27. The molecule has 3 aliphatic rings. The third kappa shape index (κ3) is 2.77. The number of likely N-dealkylation sites (tertiary alicyclic amines) is 1. The molecular formula is C20H24N2O4. The first kappa shape index (κ1) is 17.1. The van der Waals surface area contributed by atoms with Gasteiger partial charge in [0, 0.05) is 19.1 Å². The summed E-state index contributed by atoms with van der Waals surface area (Å²) in [4.78, 5) is 40.8. The number of hydrogen-bond acceptors (Lipinski definition) is 4. The van der Waals surface area contributed by atoms with Crippen LogP contribution in [0.5, 0.6) is 0 Å². The van der Waals surface area contributed by atoms with E-state index in [0.29, 0.717) is 36.1 Å². The van der Waals surface area contributed by atoms with E-state index in [0.717, 1.165) is 12.8 Å². The van der Waals surface area contributed by atoms with Crippen LogP contribution in [-0.4, -0.2) is 52.4 Å². The Labute approximate surface area is 153 Å². The average Bonchev–Trinajstić information content (AvgIpc) is 3.18. The zero-order valence-electron chi connectivity index (χ0n) is 15.4. The number of ether oxygens (including phenoxy) is 1. The molecule has 3 atom stereocenters. The second-order valence-electron chi connectivity index (χ2n) is 8.56. The predicted molar refractivity (Wildman–Crippen MR) is 94.8 cm³/mol. The Bertz CT molecular complexity index is 733. The van der Waals surface area contributed by atoms with Crippen molar-refractivity contribution < 1.29 is 19.1 Å². The van der Waals surface area contributed by atoms with E-state index in [9.17, 15) is 14.4 Å². The predicted octanol–water partition coefficient (Wildman–Crippen LogP) is 2.93. The Hall–Kier alpha value is -2.37. The van der Waals surface area contributed by atoms with Crippen LogP contribution in [0.25, 0.3) is 0 Å². The first-order valence-corrected chi connectivity index (χ1v) is 9.19. The maximum Gasteiger partial charge on any atom is 0.410 e. The molecule has 2 fully saturated rings. The summed E-state index contributed by atoms with van der Waals surface area (Å²) in [6, 6.07) is 6.94. The van der Waals surface area contributed by atoms with Crippen molar-refractivity contribution in [2.75, 3.05) is 13.1 Å². The van der Waals surface area contributed by atoms with Gasteiger partial charge in [0.25, 0.3) is 11.8 Å². The van der Waals surface area contributed by atoms with E-state index < -0.39 is 5.60 Å². The minimum Gasteiger partial charge on any atom is -0.444 e. The number of carbonyl (C=O) groups excluding carboxylic acids is 3. The van der Waals surface area contributed by atoms with Crippen molar-refractivity contribution in [3.8, 4) is 0 Å². The number of imide groups is 1. The maximum atomic E-state index is 12.7. The molecule has 0 aromatic heterocycles. The van der Waals surface area contributed by atoms with Gasteiger partial charge in [0.1, 0.15) is 5.60 Å². The summed E-state index contributed by atoms with van der Waals surface area (Å²) in [6.45, 7) is 6.86. The van der Waals surface area contributed by atoms with E-state index in [1.54, 1.807) is 29.2 Å². The highest BCUT2D eigenvalue weighted by molar-refractivity contribution is 6.21. The third-order valence-corrected chi connectivity index (χ3v) is 5.57. The van der Waals surface area contributed by atoms with Gasteiger partial charge >= 0.3 is 6.09 Å². The molecule has 26 heavy (non-hydrogen) atoms. The van der Waals surface area contributed by atoms with Gasteiger partial charge in [0.2, 0.25) is 0 Å². The van der Waals surface area contributed by atoms with Crippen LogP contribution < -0.4 is 0 Å². The Morgan fingerprint density at radius 3 is 1.96 bits per heavy atom. The lowest BCUT2D eigenvalue weighted by Crippen LogP contribution is -2.40. The van der Waals surface area contributed by atoms with Gasteiger partial charge in [-0.2, -0.15) is 0 Å². The summed E-state index contributed by atoms with van der Waals surface area (Å²) in [7, 11) is 0. The molecule has 1 aromatic carbocycles. The molecule has 0 spiro atoms. The Balaban J connectivity index is 1.42. The van der Waals surface area contributed by atoms with Gasteiger partial charge in [-0.05, 0) is 57.6 Å². The molecule has 1 saturated heterocycles. The van der Waals surface area contributed by atoms with Crippen LogP contribution in [0.15, 0.2) is 24.3 Å². The molecule has 0 N–H and O–H groups in total. The molecule has 1 saturated carbocycles. The fourth-order valence-corrected chi connectivity index (χ4v) is 4.49. The fraction of sp³-hybridized carbons (Fsp3) is 0.550. The molecule has 6 nitrogen and oxygen atoms in total. The highest BCUT2D eigenvalue weighted by Crippen LogP contribution is 2.42. The van der Waals surface area contributed by atoms with Gasteiger partial charge in [-0.1, -0.05) is 12.1 Å². The molecule has 1 aromatic rings. The van der Waals surface area contributed by atoms with Crippen molar-refractivity contribution in [2.45, 2.75) is 45.3 Å². The van der Waals surface area contributed by atoms with Gasteiger partial charge in [0.15, 0.2) is 0 Å². The monoisotopic (exact) mass is 356 g/mol. The smallest absolute Gasteiger partial charge is 0.410 e. The molecule has 0 bridgehead atoms. The topological polar surface area (TPSA) is 66.9 Å². The Kier molecular flexibility index (Phi) is 3.82. The largest absolute Gasteiger partial charge is 0.444 e. The fourth-order valence-electron chi connectivity index (χ4n) is 4.49. The second kappa shape index (κ2) is 5.83. The summed E-state index contributed by atoms with van der Waals surface area (Å²) in [6.07, 6.45) is 1.24. The number of carbonyl (C=O) groups is 3. The van der Waals surface area contributed by atoms with E-state index in [1.807, 2.05) is 20.8 Å². The summed E-state index contributed by atoms with van der Waals surface area (Å²) < 4.78 is 5.46. The first-order valence-electron chi connectivity index (χ1n) is 9.19. The van der Waals surface area contributed by atoms with Crippen LogP contribution in [0.3, 0.4) is 0 Å². The highest BCUT2D eigenvalue weighted by Gasteiger charge is 2.49. The molecular weight excluding hydrogens is 332 g/mol. The van der Waals surface area contributed by atoms with Crippen molar-refractivity contribution in [2.24, 2.45) is 11.8 Å². The average molecular weight is 356 g/mol. The standard InChI is InChI=1S/C20H24N2O4/c1-20(2,3)26-19(25)21-10-12-8-14(9-13(12)11-21)22-17(23)15-6-4-5-7-16(15)18(22)24/h4-7,12-14H,8-11H2,1-3H3/t12-,13+,14?. The first-order chi connectivity index (χ1) is 12.2. The molecule has 3 amide bonds. The lowest BCUT2D eigenvalue weighted by molar-refractivity contribution is 0.0270. The van der Waals surface area contributed by atoms with Gasteiger partial charge < -0.3 is 9.64 Å². The van der Waals surface area contributed by atoms with Gasteiger partial charge in [-0.25, -0.2) is 4.79 Å². The molecule has 4 rings (SSSR count). The molecule has 138 valence electrons. The second-order valence-corrected chi connectivity index (χ2v) is 8.56. The van der Waals surface area contributed by atoms with E-state index in [1.165, 1.54) is 4.90 Å². The molecule has 6 heteroatoms. The molecule has 2 aliphatic heterocycles. The van der Waals surface area contributed by atoms with Crippen molar-refractivity contribution in [3.63, 3.8) is 0 Å². The Morgan fingerprint density at radius 2 is 1.50 bits per heavy atom. The summed E-state index contributed by atoms with van der Waals surface area (Å²) in [5.74, 6) is 0.271. The zero-order chi connectivity index (χ0) is 18.6. The third-order valence-electron chi connectivity index (χ3n) is 5.57. The summed E-state index contributed by atoms with van der Waals surface area (Å²) in [5.41, 5.74) is 0.507. The molecule has 2 heterocycles. The van der Waals surface area contributed by atoms with E-state index in [2.05, 4.69) is 0 Å². The SMILES string of the molecule is CC(C)(C)OC(=O)N1C[C@H]2CC(N3C(=O)c4ccccc4C3=O)C[C@H]2C1. The van der Waals surface area contributed by atoms with Crippen LogP contribution in [-0.2, 0) is 4.74 Å². The summed E-state index contributed by atoms with van der Waals surface area (Å²) >= 11 is 0. The van der Waals surface area contributed by atoms with E-state index in [-0.39, 0.29) is 23.9 Å². The van der Waals surface area contributed by atoms with Gasteiger partial charge in [-0.3, -0.25) is 14.5 Å². The van der Waals surface area contributed by atoms with Crippen molar-refractivity contribution in [1.82, 2.24) is 9.80 Å². The minimum atomic E-state index is -0.502. The number of fused-ring (bicyclic) bond motifs is 2. The van der Waals surface area contributed by atoms with Crippen molar-refractivity contribution in [1.29, 1.82) is 0 Å². The maximum absolute atomic E-state index is 12.7. The number of rotatable bonds is 1. The zero-order valence-corrected chi connectivity index (χ0v) is 15.4. The van der Waals surface area contributed by atoms with Crippen molar-refractivity contribution in [3.05, 3.63) is 35.4 Å². The summed E-state index contributed by atoms with van der Waals surface area (Å²) in [5, 5.41) is 0. The van der Waals surface area contributed by atoms with Crippen LogP contribution in [0.4, 0.5) is 4.79 Å². The van der Waals surface area contributed by atoms with Crippen LogP contribution in [0.2, 0.25) is 0 Å². The number of nitrogens with zero attached hydrogens (tertiary/aromatic N) is 2.